The summed E-state index contributed by atoms with van der Waals surface area (Å²) in [6, 6.07) is 0.136. The average molecular weight is 253 g/mol. The molecule has 0 saturated heterocycles. The van der Waals surface area contributed by atoms with E-state index in [-0.39, 0.29) is 6.04 Å². The first kappa shape index (κ1) is 13.9. The molecule has 0 amide bonds. The van der Waals surface area contributed by atoms with Gasteiger partial charge in [0.1, 0.15) is 6.04 Å². The quantitative estimate of drug-likeness (QED) is 0.763. The van der Waals surface area contributed by atoms with Crippen LogP contribution in [0.4, 0.5) is 0 Å². The van der Waals surface area contributed by atoms with E-state index in [1.807, 2.05) is 0 Å². The molecule has 2 aliphatic carbocycles. The van der Waals surface area contributed by atoms with Crippen LogP contribution in [0.15, 0.2) is 0 Å². The van der Waals surface area contributed by atoms with E-state index in [1.54, 1.807) is 0 Å². The van der Waals surface area contributed by atoms with Crippen molar-refractivity contribution in [3.8, 4) is 0 Å². The highest BCUT2D eigenvalue weighted by Gasteiger charge is 2.45. The molecule has 1 spiro atoms. The highest BCUT2D eigenvalue weighted by atomic mass is 16.4. The normalized spacial score (nSPS) is 24.7. The van der Waals surface area contributed by atoms with Crippen LogP contribution in [-0.4, -0.2) is 23.2 Å². The minimum Gasteiger partial charge on any atom is -0.480 e. The number of unbranched alkanes of at least 4 members (excludes halogenated alkanes) is 1. The Morgan fingerprint density at radius 1 is 1.33 bits per heavy atom. The van der Waals surface area contributed by atoms with Crippen molar-refractivity contribution < 1.29 is 9.90 Å². The molecular weight excluding hydrogens is 226 g/mol. The number of rotatable bonds is 6. The Balaban J connectivity index is 1.75. The molecule has 3 heteroatoms. The van der Waals surface area contributed by atoms with Crippen molar-refractivity contribution in [1.29, 1.82) is 0 Å². The van der Waals surface area contributed by atoms with Crippen molar-refractivity contribution in [2.45, 2.75) is 83.2 Å². The average Bonchev–Trinajstić information content (AvgIpc) is 2.33. The summed E-state index contributed by atoms with van der Waals surface area (Å²) in [6.45, 7) is 2.11. The van der Waals surface area contributed by atoms with Crippen LogP contribution in [0.3, 0.4) is 0 Å². The maximum absolute atomic E-state index is 11.2. The predicted octanol–water partition coefficient (Wildman–Crippen LogP) is 3.33. The van der Waals surface area contributed by atoms with Crippen LogP contribution in [-0.2, 0) is 4.79 Å². The second-order valence-electron chi connectivity index (χ2n) is 6.37. The maximum atomic E-state index is 11.2. The number of aliphatic carboxylic acids is 1. The van der Waals surface area contributed by atoms with E-state index in [4.69, 9.17) is 0 Å². The van der Waals surface area contributed by atoms with Gasteiger partial charge in [-0.05, 0) is 37.5 Å². The molecule has 2 rings (SSSR count). The van der Waals surface area contributed by atoms with Gasteiger partial charge >= 0.3 is 5.97 Å². The summed E-state index contributed by atoms with van der Waals surface area (Å²) in [5, 5.41) is 12.6. The van der Waals surface area contributed by atoms with Gasteiger partial charge in [-0.2, -0.15) is 0 Å². The summed E-state index contributed by atoms with van der Waals surface area (Å²) in [5.41, 5.74) is 0.587. The fraction of sp³-hybridized carbons (Fsp3) is 0.933. The molecule has 0 aliphatic heterocycles. The smallest absolute Gasteiger partial charge is 0.320 e. The largest absolute Gasteiger partial charge is 0.480 e. The number of carbonyl (C=O) groups is 1. The van der Waals surface area contributed by atoms with E-state index in [9.17, 15) is 9.90 Å². The third-order valence-electron chi connectivity index (χ3n) is 4.85. The fourth-order valence-corrected chi connectivity index (χ4v) is 3.78. The van der Waals surface area contributed by atoms with Gasteiger partial charge in [0.2, 0.25) is 0 Å². The number of carboxylic acids is 1. The van der Waals surface area contributed by atoms with Gasteiger partial charge in [0, 0.05) is 6.04 Å². The lowest BCUT2D eigenvalue weighted by molar-refractivity contribution is -0.140. The van der Waals surface area contributed by atoms with Crippen LogP contribution in [0.5, 0.6) is 0 Å². The van der Waals surface area contributed by atoms with Gasteiger partial charge in [-0.15, -0.1) is 0 Å². The summed E-state index contributed by atoms with van der Waals surface area (Å²) in [6.07, 6.45) is 12.2. The molecule has 1 unspecified atom stereocenters. The molecule has 0 radical (unpaired) electrons. The highest BCUT2D eigenvalue weighted by molar-refractivity contribution is 5.73. The van der Waals surface area contributed by atoms with Crippen LogP contribution in [0, 0.1) is 5.41 Å². The van der Waals surface area contributed by atoms with Crippen LogP contribution >= 0.6 is 0 Å². The molecular formula is C15H27NO2. The summed E-state index contributed by atoms with van der Waals surface area (Å²) < 4.78 is 0. The van der Waals surface area contributed by atoms with Crippen molar-refractivity contribution in [3.63, 3.8) is 0 Å². The van der Waals surface area contributed by atoms with Gasteiger partial charge in [-0.25, -0.2) is 0 Å². The molecule has 0 bridgehead atoms. The van der Waals surface area contributed by atoms with Crippen molar-refractivity contribution in [1.82, 2.24) is 5.32 Å². The van der Waals surface area contributed by atoms with Gasteiger partial charge in [-0.3, -0.25) is 4.79 Å². The van der Waals surface area contributed by atoms with E-state index >= 15 is 0 Å². The summed E-state index contributed by atoms with van der Waals surface area (Å²) in [4.78, 5) is 11.2. The third kappa shape index (κ3) is 3.25. The first-order chi connectivity index (χ1) is 8.65. The van der Waals surface area contributed by atoms with Crippen molar-refractivity contribution in [2.75, 3.05) is 0 Å². The Bertz CT molecular complexity index is 276. The Morgan fingerprint density at radius 2 is 2.00 bits per heavy atom. The molecule has 0 aromatic carbocycles. The molecule has 3 nitrogen and oxygen atoms in total. The zero-order valence-corrected chi connectivity index (χ0v) is 11.6. The monoisotopic (exact) mass is 253 g/mol. The lowest BCUT2D eigenvalue weighted by atomic mass is 9.58. The van der Waals surface area contributed by atoms with E-state index in [0.717, 1.165) is 19.3 Å². The number of hydrogen-bond donors (Lipinski definition) is 2. The first-order valence-corrected chi connectivity index (χ1v) is 7.64. The van der Waals surface area contributed by atoms with Crippen LogP contribution < -0.4 is 5.32 Å². The SMILES string of the molecule is CCCCC(NC1CC2(CCCCC2)C1)C(=O)O. The summed E-state index contributed by atoms with van der Waals surface area (Å²) in [5.74, 6) is -0.673. The summed E-state index contributed by atoms with van der Waals surface area (Å²) in [7, 11) is 0. The minimum absolute atomic E-state index is 0.323. The number of nitrogens with one attached hydrogen (secondary N) is 1. The topological polar surface area (TPSA) is 49.3 Å². The summed E-state index contributed by atoms with van der Waals surface area (Å²) >= 11 is 0. The second kappa shape index (κ2) is 6.05. The first-order valence-electron chi connectivity index (χ1n) is 7.64. The Kier molecular flexibility index (Phi) is 4.66. The van der Waals surface area contributed by atoms with Crippen LogP contribution in [0.25, 0.3) is 0 Å². The number of carboxylic acid groups (broad SMARTS) is 1. The number of hydrogen-bond acceptors (Lipinski definition) is 2. The molecule has 0 heterocycles. The standard InChI is InChI=1S/C15H27NO2/c1-2-3-7-13(14(17)18)16-12-10-15(11-12)8-5-4-6-9-15/h12-13,16H,2-11H2,1H3,(H,17,18). The molecule has 0 aromatic rings. The molecule has 2 aliphatic rings. The molecule has 2 saturated carbocycles. The molecule has 104 valence electrons. The van der Waals surface area contributed by atoms with Crippen molar-refractivity contribution >= 4 is 5.97 Å². The van der Waals surface area contributed by atoms with Gasteiger partial charge in [0.15, 0.2) is 0 Å². The van der Waals surface area contributed by atoms with Crippen LogP contribution in [0.1, 0.15) is 71.1 Å². The molecule has 18 heavy (non-hydrogen) atoms. The fourth-order valence-electron chi connectivity index (χ4n) is 3.78. The van der Waals surface area contributed by atoms with Gasteiger partial charge in [0.05, 0.1) is 0 Å². The predicted molar refractivity (Wildman–Crippen MR) is 72.6 cm³/mol. The van der Waals surface area contributed by atoms with Crippen molar-refractivity contribution in [3.05, 3.63) is 0 Å². The van der Waals surface area contributed by atoms with E-state index in [2.05, 4.69) is 12.2 Å². The van der Waals surface area contributed by atoms with Gasteiger partial charge in [0.25, 0.3) is 0 Å². The molecule has 1 atom stereocenters. The van der Waals surface area contributed by atoms with E-state index in [1.165, 1.54) is 44.9 Å². The lowest BCUT2D eigenvalue weighted by Crippen LogP contribution is -2.54. The Hall–Kier alpha value is -0.570. The zero-order valence-electron chi connectivity index (χ0n) is 11.6. The van der Waals surface area contributed by atoms with E-state index < -0.39 is 5.97 Å². The van der Waals surface area contributed by atoms with E-state index in [0.29, 0.717) is 11.5 Å². The Morgan fingerprint density at radius 3 is 2.56 bits per heavy atom. The lowest BCUT2D eigenvalue weighted by Gasteiger charge is -2.51. The third-order valence-corrected chi connectivity index (χ3v) is 4.85. The van der Waals surface area contributed by atoms with Gasteiger partial charge in [-0.1, -0.05) is 39.0 Å². The minimum atomic E-state index is -0.673. The Labute approximate surface area is 110 Å². The molecule has 0 aromatic heterocycles. The van der Waals surface area contributed by atoms with Crippen molar-refractivity contribution in [2.24, 2.45) is 5.41 Å². The molecule has 2 fully saturated rings. The van der Waals surface area contributed by atoms with Crippen LogP contribution in [0.2, 0.25) is 0 Å². The maximum Gasteiger partial charge on any atom is 0.320 e. The van der Waals surface area contributed by atoms with Gasteiger partial charge < -0.3 is 10.4 Å². The zero-order chi connectivity index (χ0) is 13.0. The highest BCUT2D eigenvalue weighted by Crippen LogP contribution is 2.51. The molecule has 2 N–H and O–H groups in total. The second-order valence-corrected chi connectivity index (χ2v) is 6.37.